The molecular weight excluding hydrogens is 409 g/mol. The van der Waals surface area contributed by atoms with Gasteiger partial charge in [-0.3, -0.25) is 9.59 Å². The number of amides is 2. The normalized spacial score (nSPS) is 14.1. The fourth-order valence-electron chi connectivity index (χ4n) is 3.39. The number of carbonyl (C=O) groups is 2. The molecule has 2 amide bonds. The van der Waals surface area contributed by atoms with Crippen LogP contribution in [0.25, 0.3) is 5.69 Å². The van der Waals surface area contributed by atoms with Crippen molar-refractivity contribution < 1.29 is 9.59 Å². The van der Waals surface area contributed by atoms with Gasteiger partial charge < -0.3 is 14.4 Å². The SMILES string of the molecule is O=C(c1ccc(-n2cccc2)cc1)N1CCN(C(=O)c2ccc(Cl)c(Cl)c2)CC1. The van der Waals surface area contributed by atoms with Crippen LogP contribution < -0.4 is 0 Å². The third kappa shape index (κ3) is 4.16. The van der Waals surface area contributed by atoms with Crippen molar-refractivity contribution in [3.05, 3.63) is 88.2 Å². The number of piperazine rings is 1. The number of hydrogen-bond donors (Lipinski definition) is 0. The van der Waals surface area contributed by atoms with Gasteiger partial charge in [-0.15, -0.1) is 0 Å². The van der Waals surface area contributed by atoms with Crippen LogP contribution in [0, 0.1) is 0 Å². The highest BCUT2D eigenvalue weighted by Gasteiger charge is 2.25. The first-order chi connectivity index (χ1) is 14.0. The van der Waals surface area contributed by atoms with E-state index in [1.54, 1.807) is 28.0 Å². The molecule has 1 aliphatic rings. The Morgan fingerprint density at radius 3 is 1.76 bits per heavy atom. The summed E-state index contributed by atoms with van der Waals surface area (Å²) >= 11 is 11.9. The highest BCUT2D eigenvalue weighted by molar-refractivity contribution is 6.42. The van der Waals surface area contributed by atoms with Crippen LogP contribution in [0.5, 0.6) is 0 Å². The number of rotatable bonds is 3. The van der Waals surface area contributed by atoms with Gasteiger partial charge in [0.25, 0.3) is 11.8 Å². The molecule has 0 atom stereocenters. The Labute approximate surface area is 179 Å². The minimum atomic E-state index is -0.105. The molecule has 0 bridgehead atoms. The van der Waals surface area contributed by atoms with Gasteiger partial charge in [-0.05, 0) is 54.6 Å². The summed E-state index contributed by atoms with van der Waals surface area (Å²) in [6.07, 6.45) is 3.92. The smallest absolute Gasteiger partial charge is 0.254 e. The van der Waals surface area contributed by atoms with Gasteiger partial charge in [0.05, 0.1) is 10.0 Å². The fourth-order valence-corrected chi connectivity index (χ4v) is 3.69. The van der Waals surface area contributed by atoms with Crippen LogP contribution in [0.3, 0.4) is 0 Å². The molecule has 1 fully saturated rings. The summed E-state index contributed by atoms with van der Waals surface area (Å²) in [5.74, 6) is -0.127. The Hall–Kier alpha value is -2.76. The zero-order chi connectivity index (χ0) is 20.4. The van der Waals surface area contributed by atoms with Gasteiger partial charge in [0.1, 0.15) is 0 Å². The summed E-state index contributed by atoms with van der Waals surface area (Å²) in [4.78, 5) is 29.0. The highest BCUT2D eigenvalue weighted by Crippen LogP contribution is 2.23. The van der Waals surface area contributed by atoms with Crippen LogP contribution in [0.1, 0.15) is 20.7 Å². The Bertz CT molecular complexity index is 1020. The second-order valence-electron chi connectivity index (χ2n) is 6.85. The minimum Gasteiger partial charge on any atom is -0.335 e. The van der Waals surface area contributed by atoms with Crippen molar-refractivity contribution in [1.29, 1.82) is 0 Å². The molecule has 1 aromatic heterocycles. The van der Waals surface area contributed by atoms with Crippen molar-refractivity contribution in [1.82, 2.24) is 14.4 Å². The largest absolute Gasteiger partial charge is 0.335 e. The van der Waals surface area contributed by atoms with E-state index >= 15 is 0 Å². The second kappa shape index (κ2) is 8.31. The molecule has 2 aromatic carbocycles. The molecule has 3 aromatic rings. The summed E-state index contributed by atoms with van der Waals surface area (Å²) in [6, 6.07) is 16.3. The first kappa shape index (κ1) is 19.6. The lowest BCUT2D eigenvalue weighted by Crippen LogP contribution is -2.50. The average Bonchev–Trinajstić information content (AvgIpc) is 3.30. The highest BCUT2D eigenvalue weighted by atomic mass is 35.5. The Morgan fingerprint density at radius 2 is 1.21 bits per heavy atom. The summed E-state index contributed by atoms with van der Waals surface area (Å²) in [5, 5.41) is 0.774. The van der Waals surface area contributed by atoms with Gasteiger partial charge in [-0.1, -0.05) is 23.2 Å². The van der Waals surface area contributed by atoms with Gasteiger partial charge in [0.2, 0.25) is 0 Å². The van der Waals surface area contributed by atoms with Crippen molar-refractivity contribution in [3.8, 4) is 5.69 Å². The maximum Gasteiger partial charge on any atom is 0.254 e. The third-order valence-corrected chi connectivity index (χ3v) is 5.78. The molecule has 0 aliphatic carbocycles. The third-order valence-electron chi connectivity index (χ3n) is 5.04. The van der Waals surface area contributed by atoms with E-state index < -0.39 is 0 Å². The molecule has 0 saturated carbocycles. The van der Waals surface area contributed by atoms with Crippen molar-refractivity contribution in [2.45, 2.75) is 0 Å². The predicted molar refractivity (Wildman–Crippen MR) is 114 cm³/mol. The molecule has 0 spiro atoms. The number of carbonyl (C=O) groups excluding carboxylic acids is 2. The number of benzene rings is 2. The summed E-state index contributed by atoms with van der Waals surface area (Å²) < 4.78 is 1.99. The van der Waals surface area contributed by atoms with Crippen LogP contribution >= 0.6 is 23.2 Å². The monoisotopic (exact) mass is 427 g/mol. The Morgan fingerprint density at radius 1 is 0.690 bits per heavy atom. The van der Waals surface area contributed by atoms with E-state index in [2.05, 4.69) is 0 Å². The number of hydrogen-bond acceptors (Lipinski definition) is 2. The lowest BCUT2D eigenvalue weighted by molar-refractivity contribution is 0.0535. The van der Waals surface area contributed by atoms with Crippen LogP contribution in [0.2, 0.25) is 10.0 Å². The van der Waals surface area contributed by atoms with E-state index in [1.165, 1.54) is 0 Å². The van der Waals surface area contributed by atoms with Crippen molar-refractivity contribution in [2.24, 2.45) is 0 Å². The summed E-state index contributed by atoms with van der Waals surface area (Å²) in [7, 11) is 0. The van der Waals surface area contributed by atoms with Crippen molar-refractivity contribution in [2.75, 3.05) is 26.2 Å². The Balaban J connectivity index is 1.38. The van der Waals surface area contributed by atoms with Crippen LogP contribution in [-0.2, 0) is 0 Å². The van der Waals surface area contributed by atoms with Crippen molar-refractivity contribution in [3.63, 3.8) is 0 Å². The van der Waals surface area contributed by atoms with Crippen LogP contribution in [-0.4, -0.2) is 52.4 Å². The molecule has 148 valence electrons. The lowest BCUT2D eigenvalue weighted by Gasteiger charge is -2.35. The van der Waals surface area contributed by atoms with E-state index in [-0.39, 0.29) is 11.8 Å². The molecule has 0 radical (unpaired) electrons. The van der Waals surface area contributed by atoms with Gasteiger partial charge in [0.15, 0.2) is 0 Å². The predicted octanol–water partition coefficient (Wildman–Crippen LogP) is 4.38. The fraction of sp³-hybridized carbons (Fsp3) is 0.182. The zero-order valence-corrected chi connectivity index (χ0v) is 17.1. The number of nitrogens with zero attached hydrogens (tertiary/aromatic N) is 3. The van der Waals surface area contributed by atoms with Crippen molar-refractivity contribution >= 4 is 35.0 Å². The maximum atomic E-state index is 12.8. The van der Waals surface area contributed by atoms with E-state index in [0.717, 1.165) is 5.69 Å². The first-order valence-corrected chi connectivity index (χ1v) is 10.1. The van der Waals surface area contributed by atoms with Gasteiger partial charge in [-0.25, -0.2) is 0 Å². The molecule has 0 N–H and O–H groups in total. The molecule has 1 saturated heterocycles. The quantitative estimate of drug-likeness (QED) is 0.622. The average molecular weight is 428 g/mol. The molecule has 7 heteroatoms. The van der Waals surface area contributed by atoms with Crippen LogP contribution in [0.15, 0.2) is 67.0 Å². The topological polar surface area (TPSA) is 45.6 Å². The van der Waals surface area contributed by atoms with E-state index in [1.807, 2.05) is 53.4 Å². The summed E-state index contributed by atoms with van der Waals surface area (Å²) in [6.45, 7) is 1.94. The van der Waals surface area contributed by atoms with Gasteiger partial charge >= 0.3 is 0 Å². The minimum absolute atomic E-state index is 0.0225. The lowest BCUT2D eigenvalue weighted by atomic mass is 10.1. The number of aromatic nitrogens is 1. The molecule has 1 aliphatic heterocycles. The standard InChI is InChI=1S/C22H19Cl2N3O2/c23-19-8-5-17(15-20(19)24)22(29)27-13-11-26(12-14-27)21(28)16-3-6-18(7-4-16)25-9-1-2-10-25/h1-10,15H,11-14H2. The molecule has 4 rings (SSSR count). The number of halogens is 2. The van der Waals surface area contributed by atoms with E-state index in [4.69, 9.17) is 23.2 Å². The molecule has 29 heavy (non-hydrogen) atoms. The maximum absolute atomic E-state index is 12.8. The molecule has 2 heterocycles. The summed E-state index contributed by atoms with van der Waals surface area (Å²) in [5.41, 5.74) is 2.15. The first-order valence-electron chi connectivity index (χ1n) is 9.30. The van der Waals surface area contributed by atoms with E-state index in [9.17, 15) is 9.59 Å². The molecular formula is C22H19Cl2N3O2. The zero-order valence-electron chi connectivity index (χ0n) is 15.6. The second-order valence-corrected chi connectivity index (χ2v) is 7.66. The molecule has 5 nitrogen and oxygen atoms in total. The van der Waals surface area contributed by atoms with E-state index in [0.29, 0.717) is 47.4 Å². The van der Waals surface area contributed by atoms with Gasteiger partial charge in [0, 0.05) is 55.4 Å². The molecule has 0 unspecified atom stereocenters. The Kier molecular flexibility index (Phi) is 5.60. The van der Waals surface area contributed by atoms with Gasteiger partial charge in [-0.2, -0.15) is 0 Å². The van der Waals surface area contributed by atoms with Crippen LogP contribution in [0.4, 0.5) is 0 Å².